The van der Waals surface area contributed by atoms with Crippen molar-refractivity contribution in [2.45, 2.75) is 44.2 Å². The van der Waals surface area contributed by atoms with Crippen molar-refractivity contribution < 1.29 is 0 Å². The van der Waals surface area contributed by atoms with Gasteiger partial charge >= 0.3 is 0 Å². The molecular formula is C28H29N7. The van der Waals surface area contributed by atoms with E-state index in [2.05, 4.69) is 69.7 Å². The number of nitrogen functional groups attached to an aromatic ring is 1. The average molecular weight is 464 g/mol. The zero-order valence-corrected chi connectivity index (χ0v) is 19.7. The molecule has 0 unspecified atom stereocenters. The van der Waals surface area contributed by atoms with E-state index in [0.717, 1.165) is 53.0 Å². The van der Waals surface area contributed by atoms with Crippen LogP contribution < -0.4 is 5.73 Å². The second kappa shape index (κ2) is 8.20. The van der Waals surface area contributed by atoms with E-state index in [9.17, 15) is 0 Å². The SMILES string of the molecule is Nc1ncnn2c(C3CCN(C4CC4)CC3)cc(-c3ccc4cn(Cc5ccccc5)nc4c3)c12. The van der Waals surface area contributed by atoms with Gasteiger partial charge in [-0.05, 0) is 62.0 Å². The van der Waals surface area contributed by atoms with Crippen LogP contribution in [0.5, 0.6) is 0 Å². The van der Waals surface area contributed by atoms with Gasteiger partial charge in [-0.2, -0.15) is 10.2 Å². The van der Waals surface area contributed by atoms with Crippen molar-refractivity contribution in [3.63, 3.8) is 0 Å². The Balaban J connectivity index is 1.25. The molecule has 0 amide bonds. The summed E-state index contributed by atoms with van der Waals surface area (Å²) in [5.74, 6) is 1.00. The van der Waals surface area contributed by atoms with Gasteiger partial charge in [-0.25, -0.2) is 9.50 Å². The highest BCUT2D eigenvalue weighted by Gasteiger charge is 2.33. The molecule has 2 N–H and O–H groups in total. The maximum Gasteiger partial charge on any atom is 0.151 e. The Hall–Kier alpha value is -3.71. The van der Waals surface area contributed by atoms with E-state index in [1.807, 2.05) is 15.3 Å². The van der Waals surface area contributed by atoms with Gasteiger partial charge < -0.3 is 10.6 Å². The molecule has 0 radical (unpaired) electrons. The molecule has 176 valence electrons. The van der Waals surface area contributed by atoms with E-state index in [1.54, 1.807) is 6.33 Å². The lowest BCUT2D eigenvalue weighted by Gasteiger charge is -2.31. The summed E-state index contributed by atoms with van der Waals surface area (Å²) in [6.07, 6.45) is 8.75. The van der Waals surface area contributed by atoms with E-state index in [1.165, 1.54) is 37.2 Å². The number of nitrogens with zero attached hydrogens (tertiary/aromatic N) is 6. The number of hydrogen-bond donors (Lipinski definition) is 1. The topological polar surface area (TPSA) is 77.3 Å². The first-order valence-electron chi connectivity index (χ1n) is 12.6. The molecule has 1 saturated carbocycles. The zero-order valence-electron chi connectivity index (χ0n) is 19.7. The maximum absolute atomic E-state index is 6.41. The van der Waals surface area contributed by atoms with Crippen LogP contribution in [0.2, 0.25) is 0 Å². The Labute approximate surface area is 204 Å². The second-order valence-corrected chi connectivity index (χ2v) is 10.0. The number of nitrogens with two attached hydrogens (primary N) is 1. The van der Waals surface area contributed by atoms with E-state index in [-0.39, 0.29) is 0 Å². The molecule has 1 aliphatic heterocycles. The largest absolute Gasteiger partial charge is 0.382 e. The lowest BCUT2D eigenvalue weighted by atomic mass is 9.93. The van der Waals surface area contributed by atoms with Crippen LogP contribution in [0.25, 0.3) is 27.5 Å². The third-order valence-corrected chi connectivity index (χ3v) is 7.67. The fourth-order valence-corrected chi connectivity index (χ4v) is 5.69. The summed E-state index contributed by atoms with van der Waals surface area (Å²) in [5, 5.41) is 10.6. The van der Waals surface area contributed by atoms with Gasteiger partial charge in [0, 0.05) is 34.8 Å². The van der Waals surface area contributed by atoms with Crippen LogP contribution >= 0.6 is 0 Å². The van der Waals surface area contributed by atoms with E-state index >= 15 is 0 Å². The van der Waals surface area contributed by atoms with Gasteiger partial charge in [0.25, 0.3) is 0 Å². The number of rotatable bonds is 5. The highest BCUT2D eigenvalue weighted by Crippen LogP contribution is 2.39. The molecule has 1 aliphatic carbocycles. The smallest absolute Gasteiger partial charge is 0.151 e. The van der Waals surface area contributed by atoms with Gasteiger partial charge in [0.1, 0.15) is 11.8 Å². The fraction of sp³-hybridized carbons (Fsp3) is 0.321. The predicted molar refractivity (Wildman–Crippen MR) is 138 cm³/mol. The summed E-state index contributed by atoms with van der Waals surface area (Å²) in [7, 11) is 0. The molecule has 2 aromatic carbocycles. The number of fused-ring (bicyclic) bond motifs is 2. The highest BCUT2D eigenvalue weighted by atomic mass is 15.3. The fourth-order valence-electron chi connectivity index (χ4n) is 5.69. The first-order chi connectivity index (χ1) is 17.2. The van der Waals surface area contributed by atoms with E-state index in [4.69, 9.17) is 10.8 Å². The Morgan fingerprint density at radius 3 is 2.57 bits per heavy atom. The van der Waals surface area contributed by atoms with Crippen molar-refractivity contribution in [3.8, 4) is 11.1 Å². The number of hydrogen-bond acceptors (Lipinski definition) is 5. The molecule has 4 heterocycles. The van der Waals surface area contributed by atoms with E-state index < -0.39 is 0 Å². The summed E-state index contributed by atoms with van der Waals surface area (Å²) in [6.45, 7) is 3.09. The van der Waals surface area contributed by atoms with E-state index in [0.29, 0.717) is 11.7 Å². The van der Waals surface area contributed by atoms with Crippen molar-refractivity contribution in [1.82, 2.24) is 29.3 Å². The highest BCUT2D eigenvalue weighted by molar-refractivity contribution is 5.92. The summed E-state index contributed by atoms with van der Waals surface area (Å²) >= 11 is 0. The number of likely N-dealkylation sites (tertiary alicyclic amines) is 1. The monoisotopic (exact) mass is 463 g/mol. The number of aromatic nitrogens is 5. The molecule has 2 aliphatic rings. The van der Waals surface area contributed by atoms with Crippen molar-refractivity contribution in [1.29, 1.82) is 0 Å². The normalized spacial score (nSPS) is 17.5. The zero-order chi connectivity index (χ0) is 23.4. The Kier molecular flexibility index (Phi) is 4.84. The quantitative estimate of drug-likeness (QED) is 0.408. The molecule has 1 saturated heterocycles. The van der Waals surface area contributed by atoms with Gasteiger partial charge in [-0.3, -0.25) is 4.68 Å². The van der Waals surface area contributed by atoms with Crippen molar-refractivity contribution in [2.24, 2.45) is 0 Å². The average Bonchev–Trinajstić information content (AvgIpc) is 3.54. The van der Waals surface area contributed by atoms with Crippen molar-refractivity contribution >= 4 is 22.2 Å². The molecule has 3 aromatic heterocycles. The molecule has 7 heteroatoms. The van der Waals surface area contributed by atoms with Crippen LogP contribution in [0.3, 0.4) is 0 Å². The molecule has 5 aromatic rings. The van der Waals surface area contributed by atoms with Gasteiger partial charge in [-0.15, -0.1) is 0 Å². The van der Waals surface area contributed by atoms with Crippen molar-refractivity contribution in [2.75, 3.05) is 18.8 Å². The standard InChI is InChI=1S/C28H29N7/c29-28-27-24(15-26(35(27)31-18-30-28)20-10-12-33(13-11-20)23-8-9-23)21-6-7-22-17-34(32-25(22)14-21)16-19-4-2-1-3-5-19/h1-7,14-15,17-18,20,23H,8-13,16H2,(H2,29,30,31). The lowest BCUT2D eigenvalue weighted by Crippen LogP contribution is -2.34. The van der Waals surface area contributed by atoms with Crippen LogP contribution in [0.1, 0.15) is 42.9 Å². The molecule has 7 rings (SSSR count). The first kappa shape index (κ1) is 20.6. The third-order valence-electron chi connectivity index (χ3n) is 7.67. The lowest BCUT2D eigenvalue weighted by molar-refractivity contribution is 0.201. The van der Waals surface area contributed by atoms with Gasteiger partial charge in [0.2, 0.25) is 0 Å². The molecule has 0 spiro atoms. The van der Waals surface area contributed by atoms with Crippen LogP contribution in [-0.4, -0.2) is 48.4 Å². The molecular weight excluding hydrogens is 434 g/mol. The molecule has 0 atom stereocenters. The molecule has 2 fully saturated rings. The van der Waals surface area contributed by atoms with Gasteiger partial charge in [-0.1, -0.05) is 42.5 Å². The Morgan fingerprint density at radius 1 is 0.943 bits per heavy atom. The van der Waals surface area contributed by atoms with Crippen LogP contribution in [0, 0.1) is 0 Å². The minimum atomic E-state index is 0.481. The summed E-state index contributed by atoms with van der Waals surface area (Å²) in [4.78, 5) is 6.99. The Bertz CT molecular complexity index is 1500. The summed E-state index contributed by atoms with van der Waals surface area (Å²) < 4.78 is 4.05. The first-order valence-corrected chi connectivity index (χ1v) is 12.6. The summed E-state index contributed by atoms with van der Waals surface area (Å²) in [6, 6.07) is 20.0. The number of benzene rings is 2. The molecule has 0 bridgehead atoms. The molecule has 7 nitrogen and oxygen atoms in total. The van der Waals surface area contributed by atoms with Gasteiger partial charge in [0.05, 0.1) is 12.1 Å². The van der Waals surface area contributed by atoms with Crippen LogP contribution in [-0.2, 0) is 6.54 Å². The summed E-state index contributed by atoms with van der Waals surface area (Å²) in [5.41, 5.74) is 13.0. The minimum Gasteiger partial charge on any atom is -0.382 e. The number of piperidine rings is 1. The van der Waals surface area contributed by atoms with Crippen molar-refractivity contribution in [3.05, 3.63) is 78.4 Å². The second-order valence-electron chi connectivity index (χ2n) is 10.0. The van der Waals surface area contributed by atoms with Gasteiger partial charge in [0.15, 0.2) is 5.82 Å². The maximum atomic E-state index is 6.41. The van der Waals surface area contributed by atoms with Crippen LogP contribution in [0.4, 0.5) is 5.82 Å². The minimum absolute atomic E-state index is 0.481. The van der Waals surface area contributed by atoms with Crippen LogP contribution in [0.15, 0.2) is 67.1 Å². The number of anilines is 1. The third kappa shape index (κ3) is 3.76. The molecule has 35 heavy (non-hydrogen) atoms. The Morgan fingerprint density at radius 2 is 1.77 bits per heavy atom. The predicted octanol–water partition coefficient (Wildman–Crippen LogP) is 4.72.